The summed E-state index contributed by atoms with van der Waals surface area (Å²) in [5.41, 5.74) is 0. The Hall–Kier alpha value is 0.430. The van der Waals surface area contributed by atoms with Gasteiger partial charge < -0.3 is 10.2 Å². The van der Waals surface area contributed by atoms with Gasteiger partial charge in [-0.15, -0.1) is 35.3 Å². The van der Waals surface area contributed by atoms with Gasteiger partial charge in [-0.1, -0.05) is 0 Å². The number of hydrogen-bond donors (Lipinski definition) is 1. The molecule has 0 spiro atoms. The zero-order valence-corrected chi connectivity index (χ0v) is 15.8. The van der Waals surface area contributed by atoms with Crippen LogP contribution in [-0.2, 0) is 6.42 Å². The number of rotatable bonds is 3. The van der Waals surface area contributed by atoms with Gasteiger partial charge in [0, 0.05) is 31.6 Å². The molecule has 0 aromatic carbocycles. The Kier molecular flexibility index (Phi) is 7.85. The first-order valence-electron chi connectivity index (χ1n) is 5.99. The summed E-state index contributed by atoms with van der Waals surface area (Å²) in [6, 6.07) is 4.39. The first kappa shape index (κ1) is 16.5. The van der Waals surface area contributed by atoms with E-state index in [4.69, 9.17) is 0 Å². The molecule has 2 heterocycles. The molecule has 1 aliphatic heterocycles. The highest BCUT2D eigenvalue weighted by atomic mass is 127. The fourth-order valence-corrected chi connectivity index (χ4v) is 3.80. The molecule has 2 rings (SSSR count). The Morgan fingerprint density at radius 3 is 2.72 bits per heavy atom. The van der Waals surface area contributed by atoms with E-state index in [0.717, 1.165) is 32.0 Å². The number of guanidine groups is 1. The highest BCUT2D eigenvalue weighted by molar-refractivity contribution is 14.1. The largest absolute Gasteiger partial charge is 0.356 e. The van der Waals surface area contributed by atoms with Crippen LogP contribution in [0.25, 0.3) is 0 Å². The third-order valence-corrected chi connectivity index (χ3v) is 4.85. The van der Waals surface area contributed by atoms with Crippen molar-refractivity contribution >= 4 is 63.9 Å². The Morgan fingerprint density at radius 1 is 1.44 bits per heavy atom. The Bertz CT molecular complexity index is 386. The van der Waals surface area contributed by atoms with Gasteiger partial charge in [0.05, 0.1) is 2.88 Å². The number of nitrogens with one attached hydrogen (secondary N) is 1. The maximum Gasteiger partial charge on any atom is 0.193 e. The molecule has 0 saturated carbocycles. The van der Waals surface area contributed by atoms with E-state index in [1.807, 2.05) is 18.4 Å². The minimum Gasteiger partial charge on any atom is -0.356 e. The molecule has 1 aromatic heterocycles. The van der Waals surface area contributed by atoms with Gasteiger partial charge in [0.1, 0.15) is 0 Å². The molecule has 0 aliphatic carbocycles. The lowest BCUT2D eigenvalue weighted by Crippen LogP contribution is -2.40. The van der Waals surface area contributed by atoms with Gasteiger partial charge in [0.2, 0.25) is 0 Å². The summed E-state index contributed by atoms with van der Waals surface area (Å²) < 4.78 is 1.36. The van der Waals surface area contributed by atoms with E-state index in [1.165, 1.54) is 20.6 Å². The highest BCUT2D eigenvalue weighted by Gasteiger charge is 2.14. The van der Waals surface area contributed by atoms with Gasteiger partial charge in [-0.3, -0.25) is 4.99 Å². The summed E-state index contributed by atoms with van der Waals surface area (Å²) >= 11 is 4.24. The SMILES string of the molecule is CN=C(NCCc1ccc(I)s1)N1CCCC1.I. The Balaban J connectivity index is 0.00000162. The quantitative estimate of drug-likeness (QED) is 0.400. The Labute approximate surface area is 144 Å². The average Bonchev–Trinajstić information content (AvgIpc) is 2.96. The summed E-state index contributed by atoms with van der Waals surface area (Å²) in [7, 11) is 1.87. The molecule has 0 unspecified atom stereocenters. The summed E-state index contributed by atoms with van der Waals surface area (Å²) in [6.45, 7) is 3.27. The van der Waals surface area contributed by atoms with Gasteiger partial charge >= 0.3 is 0 Å². The van der Waals surface area contributed by atoms with Crippen molar-refractivity contribution in [2.24, 2.45) is 4.99 Å². The monoisotopic (exact) mass is 491 g/mol. The van der Waals surface area contributed by atoms with Crippen LogP contribution in [0.1, 0.15) is 17.7 Å². The smallest absolute Gasteiger partial charge is 0.193 e. The minimum absolute atomic E-state index is 0. The van der Waals surface area contributed by atoms with Crippen LogP contribution in [0.3, 0.4) is 0 Å². The molecule has 0 radical (unpaired) electrons. The number of likely N-dealkylation sites (tertiary alicyclic amines) is 1. The van der Waals surface area contributed by atoms with Crippen LogP contribution in [0, 0.1) is 2.88 Å². The second-order valence-electron chi connectivity index (χ2n) is 4.12. The fraction of sp³-hybridized carbons (Fsp3) is 0.583. The molecule has 6 heteroatoms. The third-order valence-electron chi connectivity index (χ3n) is 2.90. The van der Waals surface area contributed by atoms with Gasteiger partial charge in [0.25, 0.3) is 0 Å². The van der Waals surface area contributed by atoms with Crippen molar-refractivity contribution in [2.45, 2.75) is 19.3 Å². The molecular weight excluding hydrogens is 472 g/mol. The van der Waals surface area contributed by atoms with Gasteiger partial charge in [-0.05, 0) is 54.0 Å². The van der Waals surface area contributed by atoms with Gasteiger partial charge in [-0.2, -0.15) is 0 Å². The number of thiophene rings is 1. The van der Waals surface area contributed by atoms with E-state index in [1.54, 1.807) is 0 Å². The Morgan fingerprint density at radius 2 is 2.17 bits per heavy atom. The van der Waals surface area contributed by atoms with E-state index in [9.17, 15) is 0 Å². The van der Waals surface area contributed by atoms with E-state index >= 15 is 0 Å². The van der Waals surface area contributed by atoms with Crippen LogP contribution in [0.4, 0.5) is 0 Å². The third kappa shape index (κ3) is 4.84. The zero-order valence-electron chi connectivity index (χ0n) is 10.5. The topological polar surface area (TPSA) is 27.6 Å². The van der Waals surface area contributed by atoms with Crippen LogP contribution < -0.4 is 5.32 Å². The van der Waals surface area contributed by atoms with Crippen molar-refractivity contribution in [3.05, 3.63) is 19.9 Å². The lowest BCUT2D eigenvalue weighted by molar-refractivity contribution is 0.494. The molecule has 1 aromatic rings. The van der Waals surface area contributed by atoms with Crippen molar-refractivity contribution in [1.29, 1.82) is 0 Å². The first-order valence-corrected chi connectivity index (χ1v) is 7.89. The number of aliphatic imine (C=N–C) groups is 1. The summed E-state index contributed by atoms with van der Waals surface area (Å²) in [5, 5.41) is 3.45. The van der Waals surface area contributed by atoms with Gasteiger partial charge in [-0.25, -0.2) is 0 Å². The molecule has 102 valence electrons. The molecule has 0 atom stereocenters. The van der Waals surface area contributed by atoms with Crippen molar-refractivity contribution in [3.8, 4) is 0 Å². The van der Waals surface area contributed by atoms with Crippen molar-refractivity contribution in [1.82, 2.24) is 10.2 Å². The lowest BCUT2D eigenvalue weighted by Gasteiger charge is -2.20. The van der Waals surface area contributed by atoms with Crippen LogP contribution in [0.5, 0.6) is 0 Å². The second kappa shape index (κ2) is 8.57. The normalized spacial score (nSPS) is 15.7. The number of nitrogens with zero attached hydrogens (tertiary/aromatic N) is 2. The van der Waals surface area contributed by atoms with Crippen LogP contribution in [0.15, 0.2) is 17.1 Å². The zero-order chi connectivity index (χ0) is 12.1. The maximum atomic E-state index is 4.34. The van der Waals surface area contributed by atoms with E-state index in [2.05, 4.69) is 49.9 Å². The van der Waals surface area contributed by atoms with Crippen molar-refractivity contribution in [3.63, 3.8) is 0 Å². The standard InChI is InChI=1S/C12H18IN3S.HI/c1-14-12(16-8-2-3-9-16)15-7-6-10-4-5-11(13)17-10;/h4-5H,2-3,6-9H2,1H3,(H,14,15);1H. The first-order chi connectivity index (χ1) is 8.29. The predicted molar refractivity (Wildman–Crippen MR) is 98.3 cm³/mol. The van der Waals surface area contributed by atoms with E-state index in [0.29, 0.717) is 0 Å². The lowest BCUT2D eigenvalue weighted by atomic mass is 10.3. The van der Waals surface area contributed by atoms with Crippen molar-refractivity contribution < 1.29 is 0 Å². The molecule has 3 nitrogen and oxygen atoms in total. The highest BCUT2D eigenvalue weighted by Crippen LogP contribution is 2.18. The molecule has 0 amide bonds. The summed E-state index contributed by atoms with van der Waals surface area (Å²) in [6.07, 6.45) is 3.67. The average molecular weight is 491 g/mol. The van der Waals surface area contributed by atoms with E-state index in [-0.39, 0.29) is 24.0 Å². The predicted octanol–water partition coefficient (Wildman–Crippen LogP) is 3.18. The minimum atomic E-state index is 0. The number of halogens is 2. The summed E-state index contributed by atoms with van der Waals surface area (Å²) in [5.74, 6) is 1.06. The molecule has 1 saturated heterocycles. The fourth-order valence-electron chi connectivity index (χ4n) is 2.04. The second-order valence-corrected chi connectivity index (χ2v) is 7.19. The van der Waals surface area contributed by atoms with E-state index < -0.39 is 0 Å². The molecular formula is C12H19I2N3S. The van der Waals surface area contributed by atoms with Gasteiger partial charge in [0.15, 0.2) is 5.96 Å². The van der Waals surface area contributed by atoms with Crippen LogP contribution in [-0.4, -0.2) is 37.5 Å². The van der Waals surface area contributed by atoms with Crippen LogP contribution >= 0.6 is 57.9 Å². The number of hydrogen-bond acceptors (Lipinski definition) is 2. The van der Waals surface area contributed by atoms with Crippen LogP contribution in [0.2, 0.25) is 0 Å². The molecule has 1 aliphatic rings. The molecule has 1 fully saturated rings. The van der Waals surface area contributed by atoms with Crippen molar-refractivity contribution in [2.75, 3.05) is 26.7 Å². The molecule has 18 heavy (non-hydrogen) atoms. The summed E-state index contributed by atoms with van der Waals surface area (Å²) in [4.78, 5) is 8.13. The molecule has 1 N–H and O–H groups in total. The molecule has 0 bridgehead atoms. The maximum absolute atomic E-state index is 4.34.